The van der Waals surface area contributed by atoms with E-state index >= 15 is 0 Å². The molecule has 0 spiro atoms. The van der Waals surface area contributed by atoms with E-state index in [0.29, 0.717) is 5.69 Å². The minimum atomic E-state index is -3.78. The van der Waals surface area contributed by atoms with E-state index in [-0.39, 0.29) is 16.9 Å². The van der Waals surface area contributed by atoms with Gasteiger partial charge in [-0.15, -0.1) is 0 Å². The molecule has 3 aromatic carbocycles. The van der Waals surface area contributed by atoms with Gasteiger partial charge in [-0.05, 0) is 42.0 Å². The summed E-state index contributed by atoms with van der Waals surface area (Å²) in [6, 6.07) is 22.5. The Labute approximate surface area is 181 Å². The fourth-order valence-electron chi connectivity index (χ4n) is 3.03. The van der Waals surface area contributed by atoms with Crippen molar-refractivity contribution in [1.82, 2.24) is 5.32 Å². The molecule has 0 saturated heterocycles. The summed E-state index contributed by atoms with van der Waals surface area (Å²) in [5.41, 5.74) is 7.05. The van der Waals surface area contributed by atoms with E-state index in [2.05, 4.69) is 5.32 Å². The van der Waals surface area contributed by atoms with Crippen molar-refractivity contribution in [2.45, 2.75) is 17.4 Å². The Balaban J connectivity index is 1.74. The maximum Gasteiger partial charge on any atom is 0.264 e. The first-order valence-electron chi connectivity index (χ1n) is 9.57. The van der Waals surface area contributed by atoms with Crippen molar-refractivity contribution in [1.29, 1.82) is 0 Å². The van der Waals surface area contributed by atoms with Gasteiger partial charge in [0, 0.05) is 19.0 Å². The van der Waals surface area contributed by atoms with E-state index in [0.717, 1.165) is 5.56 Å². The monoisotopic (exact) mass is 437 g/mol. The highest BCUT2D eigenvalue weighted by Crippen LogP contribution is 2.22. The zero-order chi connectivity index (χ0) is 22.4. The van der Waals surface area contributed by atoms with Gasteiger partial charge in [0.25, 0.3) is 15.9 Å². The average molecular weight is 438 g/mol. The molecule has 0 saturated carbocycles. The second kappa shape index (κ2) is 9.44. The number of para-hydroxylation sites is 1. The number of rotatable bonds is 8. The van der Waals surface area contributed by atoms with Crippen molar-refractivity contribution in [3.05, 3.63) is 96.1 Å². The largest absolute Gasteiger partial charge is 0.368 e. The average Bonchev–Trinajstić information content (AvgIpc) is 2.79. The van der Waals surface area contributed by atoms with E-state index in [1.807, 2.05) is 30.3 Å². The van der Waals surface area contributed by atoms with Crippen LogP contribution in [0.2, 0.25) is 0 Å². The van der Waals surface area contributed by atoms with Crippen molar-refractivity contribution in [2.75, 3.05) is 11.4 Å². The summed E-state index contributed by atoms with van der Waals surface area (Å²) in [6.07, 6.45) is 0.260. The molecule has 0 radical (unpaired) electrons. The Bertz CT molecular complexity index is 1150. The highest BCUT2D eigenvalue weighted by atomic mass is 32.2. The lowest BCUT2D eigenvalue weighted by Gasteiger charge is -2.19. The number of anilines is 1. The van der Waals surface area contributed by atoms with Crippen LogP contribution in [0.3, 0.4) is 0 Å². The van der Waals surface area contributed by atoms with E-state index in [4.69, 9.17) is 5.73 Å². The quantitative estimate of drug-likeness (QED) is 0.564. The number of nitrogens with one attached hydrogen (secondary N) is 1. The Hall–Kier alpha value is -3.65. The molecule has 3 rings (SSSR count). The fourth-order valence-corrected chi connectivity index (χ4v) is 4.22. The minimum Gasteiger partial charge on any atom is -0.368 e. The summed E-state index contributed by atoms with van der Waals surface area (Å²) in [4.78, 5) is 24.4. The fraction of sp³-hybridized carbons (Fsp3) is 0.130. The molecule has 0 heterocycles. The van der Waals surface area contributed by atoms with Crippen LogP contribution in [0.4, 0.5) is 5.69 Å². The summed E-state index contributed by atoms with van der Waals surface area (Å²) in [7, 11) is -2.32. The maximum absolute atomic E-state index is 12.8. The maximum atomic E-state index is 12.8. The van der Waals surface area contributed by atoms with Gasteiger partial charge in [0.2, 0.25) is 5.91 Å². The summed E-state index contributed by atoms with van der Waals surface area (Å²) in [6.45, 7) is 0. The number of carbonyl (C=O) groups is 2. The standard InChI is InChI=1S/C23H23N3O4S/c1-26(19-10-6-3-7-11-19)31(29,30)20-14-12-18(13-15-20)23(28)25-21(22(24)27)16-17-8-4-2-5-9-17/h2-15,21H,16H2,1H3,(H2,24,27)(H,25,28). The van der Waals surface area contributed by atoms with E-state index in [9.17, 15) is 18.0 Å². The van der Waals surface area contributed by atoms with E-state index in [1.165, 1.54) is 35.6 Å². The van der Waals surface area contributed by atoms with Crippen molar-refractivity contribution in [3.8, 4) is 0 Å². The molecule has 0 aliphatic carbocycles. The molecule has 0 aromatic heterocycles. The van der Waals surface area contributed by atoms with Crippen LogP contribution < -0.4 is 15.4 Å². The lowest BCUT2D eigenvalue weighted by molar-refractivity contribution is -0.119. The molecule has 2 amide bonds. The summed E-state index contributed by atoms with van der Waals surface area (Å²) >= 11 is 0. The molecule has 1 atom stereocenters. The van der Waals surface area contributed by atoms with E-state index in [1.54, 1.807) is 30.3 Å². The molecule has 3 aromatic rings. The predicted octanol–water partition coefficient (Wildman–Crippen LogP) is 2.34. The lowest BCUT2D eigenvalue weighted by Crippen LogP contribution is -2.45. The smallest absolute Gasteiger partial charge is 0.264 e. The summed E-state index contributed by atoms with van der Waals surface area (Å²) < 4.78 is 26.9. The van der Waals surface area contributed by atoms with Crippen LogP contribution >= 0.6 is 0 Å². The second-order valence-corrected chi connectivity index (χ2v) is 8.92. The van der Waals surface area contributed by atoms with Crippen molar-refractivity contribution >= 4 is 27.5 Å². The van der Waals surface area contributed by atoms with Gasteiger partial charge in [-0.2, -0.15) is 0 Å². The van der Waals surface area contributed by atoms with Gasteiger partial charge in [0.1, 0.15) is 6.04 Å². The SMILES string of the molecule is CN(c1ccccc1)S(=O)(=O)c1ccc(C(=O)NC(Cc2ccccc2)C(N)=O)cc1. The first-order valence-corrected chi connectivity index (χ1v) is 11.0. The third kappa shape index (κ3) is 5.29. The number of hydrogen-bond acceptors (Lipinski definition) is 4. The third-order valence-electron chi connectivity index (χ3n) is 4.83. The Morgan fingerprint density at radius 2 is 1.45 bits per heavy atom. The molecule has 1 unspecified atom stereocenters. The second-order valence-electron chi connectivity index (χ2n) is 6.95. The predicted molar refractivity (Wildman–Crippen MR) is 119 cm³/mol. The van der Waals surface area contributed by atoms with Crippen LogP contribution in [0.5, 0.6) is 0 Å². The van der Waals surface area contributed by atoms with Gasteiger partial charge < -0.3 is 11.1 Å². The highest BCUT2D eigenvalue weighted by molar-refractivity contribution is 7.92. The molecule has 8 heteroatoms. The molecule has 0 aliphatic heterocycles. The Morgan fingerprint density at radius 1 is 0.903 bits per heavy atom. The van der Waals surface area contributed by atoms with Gasteiger partial charge in [-0.3, -0.25) is 13.9 Å². The normalized spacial score (nSPS) is 12.0. The van der Waals surface area contributed by atoms with Crippen LogP contribution in [0.1, 0.15) is 15.9 Å². The number of nitrogens with zero attached hydrogens (tertiary/aromatic N) is 1. The Kier molecular flexibility index (Phi) is 6.71. The third-order valence-corrected chi connectivity index (χ3v) is 6.63. The molecule has 7 nitrogen and oxygen atoms in total. The lowest BCUT2D eigenvalue weighted by atomic mass is 10.0. The molecular weight excluding hydrogens is 414 g/mol. The van der Waals surface area contributed by atoms with Gasteiger partial charge in [0.15, 0.2) is 0 Å². The van der Waals surface area contributed by atoms with Crippen molar-refractivity contribution in [2.24, 2.45) is 5.73 Å². The topological polar surface area (TPSA) is 110 Å². The number of amides is 2. The van der Waals surface area contributed by atoms with Gasteiger partial charge in [0.05, 0.1) is 10.6 Å². The number of benzene rings is 3. The zero-order valence-corrected chi connectivity index (χ0v) is 17.7. The molecule has 31 heavy (non-hydrogen) atoms. The van der Waals surface area contributed by atoms with Gasteiger partial charge in [-0.25, -0.2) is 8.42 Å². The van der Waals surface area contributed by atoms with Crippen LogP contribution in [0.15, 0.2) is 89.8 Å². The van der Waals surface area contributed by atoms with Gasteiger partial charge in [-0.1, -0.05) is 48.5 Å². The highest BCUT2D eigenvalue weighted by Gasteiger charge is 2.23. The molecule has 160 valence electrons. The molecule has 0 bridgehead atoms. The first-order chi connectivity index (χ1) is 14.8. The van der Waals surface area contributed by atoms with E-state index < -0.39 is 27.9 Å². The molecule has 3 N–H and O–H groups in total. The van der Waals surface area contributed by atoms with Crippen molar-refractivity contribution < 1.29 is 18.0 Å². The first kappa shape index (κ1) is 22.0. The molecule has 0 fully saturated rings. The van der Waals surface area contributed by atoms with Crippen LogP contribution in [0, 0.1) is 0 Å². The number of primary amides is 1. The number of nitrogens with two attached hydrogens (primary N) is 1. The van der Waals surface area contributed by atoms with Crippen LogP contribution in [-0.4, -0.2) is 33.3 Å². The Morgan fingerprint density at radius 3 is 2.00 bits per heavy atom. The summed E-state index contributed by atoms with van der Waals surface area (Å²) in [5, 5.41) is 2.61. The zero-order valence-electron chi connectivity index (χ0n) is 16.9. The van der Waals surface area contributed by atoms with Crippen LogP contribution in [0.25, 0.3) is 0 Å². The minimum absolute atomic E-state index is 0.0474. The van der Waals surface area contributed by atoms with Gasteiger partial charge >= 0.3 is 0 Å². The molecule has 0 aliphatic rings. The number of hydrogen-bond donors (Lipinski definition) is 2. The number of sulfonamides is 1. The summed E-state index contributed by atoms with van der Waals surface area (Å²) in [5.74, 6) is -1.17. The number of carbonyl (C=O) groups excluding carboxylic acids is 2. The molecular formula is C23H23N3O4S. The van der Waals surface area contributed by atoms with Crippen molar-refractivity contribution in [3.63, 3.8) is 0 Å². The van der Waals surface area contributed by atoms with Crippen LogP contribution in [-0.2, 0) is 21.2 Å².